The van der Waals surface area contributed by atoms with Crippen molar-refractivity contribution in [1.29, 1.82) is 0 Å². The Hall–Kier alpha value is -2.60. The van der Waals surface area contributed by atoms with Gasteiger partial charge in [0.2, 0.25) is 0 Å². The van der Waals surface area contributed by atoms with Crippen molar-refractivity contribution in [2.24, 2.45) is 5.92 Å². The van der Waals surface area contributed by atoms with E-state index in [9.17, 15) is 0 Å². The average Bonchev–Trinajstić information content (AvgIpc) is 3.21. The third-order valence-corrected chi connectivity index (χ3v) is 5.74. The number of hydrogen-bond acceptors (Lipinski definition) is 0. The van der Waals surface area contributed by atoms with Crippen molar-refractivity contribution in [2.75, 3.05) is 0 Å². The molecule has 3 aliphatic rings. The highest BCUT2D eigenvalue weighted by atomic mass is 14.3. The summed E-state index contributed by atoms with van der Waals surface area (Å²) in [5.41, 5.74) is 11.8. The molecular formula is C25H22. The normalized spacial score (nSPS) is 19.7. The first-order valence-electron chi connectivity index (χ1n) is 9.37. The molecule has 2 aromatic carbocycles. The van der Waals surface area contributed by atoms with Crippen molar-refractivity contribution in [1.82, 2.24) is 0 Å². The molecule has 3 aliphatic carbocycles. The monoisotopic (exact) mass is 322 g/mol. The molecule has 0 saturated carbocycles. The van der Waals surface area contributed by atoms with E-state index in [2.05, 4.69) is 79.8 Å². The molecule has 0 bridgehead atoms. The van der Waals surface area contributed by atoms with Crippen LogP contribution in [0.1, 0.15) is 36.5 Å². The third kappa shape index (κ3) is 2.21. The van der Waals surface area contributed by atoms with E-state index >= 15 is 0 Å². The summed E-state index contributed by atoms with van der Waals surface area (Å²) in [6.45, 7) is 2.27. The van der Waals surface area contributed by atoms with Crippen LogP contribution in [0.5, 0.6) is 0 Å². The molecule has 0 heteroatoms. The molecule has 0 N–H and O–H groups in total. The highest BCUT2D eigenvalue weighted by molar-refractivity contribution is 5.88. The van der Waals surface area contributed by atoms with Gasteiger partial charge in [-0.2, -0.15) is 0 Å². The summed E-state index contributed by atoms with van der Waals surface area (Å²) in [5.74, 6) is 0.432. The zero-order valence-electron chi connectivity index (χ0n) is 14.6. The van der Waals surface area contributed by atoms with E-state index in [1.165, 1.54) is 57.4 Å². The average molecular weight is 322 g/mol. The maximum absolute atomic E-state index is 2.47. The van der Waals surface area contributed by atoms with Gasteiger partial charge in [0.05, 0.1) is 0 Å². The maximum atomic E-state index is 2.47. The smallest absolute Gasteiger partial charge is 0.0281 e. The van der Waals surface area contributed by atoms with Gasteiger partial charge in [0.15, 0.2) is 0 Å². The highest BCUT2D eigenvalue weighted by Crippen LogP contribution is 2.47. The Labute approximate surface area is 149 Å². The Bertz CT molecular complexity index is 979. The van der Waals surface area contributed by atoms with E-state index < -0.39 is 0 Å². The van der Waals surface area contributed by atoms with E-state index in [1.54, 1.807) is 0 Å². The Morgan fingerprint density at radius 2 is 1.76 bits per heavy atom. The molecule has 0 fully saturated rings. The van der Waals surface area contributed by atoms with Gasteiger partial charge in [-0.25, -0.2) is 0 Å². The number of benzene rings is 2. The topological polar surface area (TPSA) is 0 Å². The van der Waals surface area contributed by atoms with Crippen molar-refractivity contribution in [3.05, 3.63) is 101 Å². The Balaban J connectivity index is 1.64. The second-order valence-corrected chi connectivity index (χ2v) is 7.22. The van der Waals surface area contributed by atoms with Crippen LogP contribution in [-0.2, 0) is 6.42 Å². The van der Waals surface area contributed by atoms with Crippen LogP contribution in [0.3, 0.4) is 0 Å². The lowest BCUT2D eigenvalue weighted by molar-refractivity contribution is 0.907. The van der Waals surface area contributed by atoms with E-state index in [-0.39, 0.29) is 0 Å². The molecule has 122 valence electrons. The number of hydrogen-bond donors (Lipinski definition) is 0. The summed E-state index contributed by atoms with van der Waals surface area (Å²) in [6, 6.07) is 15.7. The summed E-state index contributed by atoms with van der Waals surface area (Å²) in [4.78, 5) is 0. The summed E-state index contributed by atoms with van der Waals surface area (Å²) < 4.78 is 0. The first-order chi connectivity index (χ1) is 12.4. The molecule has 0 aliphatic heterocycles. The molecule has 25 heavy (non-hydrogen) atoms. The van der Waals surface area contributed by atoms with Crippen LogP contribution in [-0.4, -0.2) is 0 Å². The molecule has 0 amide bonds. The van der Waals surface area contributed by atoms with Crippen LogP contribution in [0.4, 0.5) is 0 Å². The molecule has 0 saturated heterocycles. The quantitative estimate of drug-likeness (QED) is 0.517. The molecule has 0 nitrogen and oxygen atoms in total. The van der Waals surface area contributed by atoms with Crippen LogP contribution in [0.25, 0.3) is 16.7 Å². The molecule has 0 aromatic heterocycles. The molecule has 1 unspecified atom stereocenters. The van der Waals surface area contributed by atoms with Crippen molar-refractivity contribution < 1.29 is 0 Å². The lowest BCUT2D eigenvalue weighted by Crippen LogP contribution is -2.04. The van der Waals surface area contributed by atoms with Gasteiger partial charge in [-0.05, 0) is 57.4 Å². The van der Waals surface area contributed by atoms with E-state index in [4.69, 9.17) is 0 Å². The van der Waals surface area contributed by atoms with Crippen molar-refractivity contribution in [3.63, 3.8) is 0 Å². The molecule has 5 rings (SSSR count). The molecular weight excluding hydrogens is 300 g/mol. The van der Waals surface area contributed by atoms with Crippen LogP contribution in [0.2, 0.25) is 0 Å². The van der Waals surface area contributed by atoms with Crippen LogP contribution in [0, 0.1) is 5.92 Å². The van der Waals surface area contributed by atoms with Gasteiger partial charge >= 0.3 is 0 Å². The number of rotatable bonds is 3. The molecule has 0 spiro atoms. The lowest BCUT2D eigenvalue weighted by Gasteiger charge is -2.19. The van der Waals surface area contributed by atoms with E-state index in [0.29, 0.717) is 5.92 Å². The largest absolute Gasteiger partial charge is 0.0726 e. The van der Waals surface area contributed by atoms with Crippen molar-refractivity contribution in [3.8, 4) is 11.1 Å². The fraction of sp³-hybridized carbons (Fsp3) is 0.200. The molecule has 1 atom stereocenters. The second kappa shape index (κ2) is 5.74. The fourth-order valence-electron chi connectivity index (χ4n) is 4.64. The second-order valence-electron chi connectivity index (χ2n) is 7.22. The minimum absolute atomic E-state index is 0.432. The standard InChI is InChI=1S/C25H22/c1-2-8-17-15-24(21-12-6-5-11-19(17)21)23-14-7-13-22-20-10-4-3-9-18(20)16-25(22)23/h3-7,9-15,21H,2,8,16H2,1H3. The summed E-state index contributed by atoms with van der Waals surface area (Å²) in [5, 5.41) is 0. The van der Waals surface area contributed by atoms with E-state index in [0.717, 1.165) is 6.42 Å². The highest BCUT2D eigenvalue weighted by Gasteiger charge is 2.29. The van der Waals surface area contributed by atoms with Gasteiger partial charge in [0, 0.05) is 5.92 Å². The van der Waals surface area contributed by atoms with Gasteiger partial charge in [-0.1, -0.05) is 86.2 Å². The minimum atomic E-state index is 0.432. The molecule has 0 heterocycles. The van der Waals surface area contributed by atoms with Gasteiger partial charge in [0.1, 0.15) is 0 Å². The van der Waals surface area contributed by atoms with Gasteiger partial charge < -0.3 is 0 Å². The van der Waals surface area contributed by atoms with Crippen LogP contribution >= 0.6 is 0 Å². The van der Waals surface area contributed by atoms with Gasteiger partial charge in [-0.3, -0.25) is 0 Å². The van der Waals surface area contributed by atoms with Crippen LogP contribution < -0.4 is 0 Å². The van der Waals surface area contributed by atoms with Gasteiger partial charge in [0.25, 0.3) is 0 Å². The molecule has 0 radical (unpaired) electrons. The third-order valence-electron chi connectivity index (χ3n) is 5.74. The fourth-order valence-corrected chi connectivity index (χ4v) is 4.64. The van der Waals surface area contributed by atoms with Crippen LogP contribution in [0.15, 0.2) is 84.0 Å². The summed E-state index contributed by atoms with van der Waals surface area (Å²) in [6.07, 6.45) is 15.0. The first kappa shape index (κ1) is 14.7. The zero-order valence-corrected chi connectivity index (χ0v) is 14.6. The predicted octanol–water partition coefficient (Wildman–Crippen LogP) is 6.49. The Kier molecular flexibility index (Phi) is 3.38. The number of fused-ring (bicyclic) bond motifs is 4. The Morgan fingerprint density at radius 3 is 2.68 bits per heavy atom. The number of allylic oxidation sites excluding steroid dienone is 8. The lowest BCUT2D eigenvalue weighted by atomic mass is 9.85. The van der Waals surface area contributed by atoms with Crippen molar-refractivity contribution in [2.45, 2.75) is 26.2 Å². The van der Waals surface area contributed by atoms with Crippen molar-refractivity contribution >= 4 is 5.57 Å². The van der Waals surface area contributed by atoms with E-state index in [1.807, 2.05) is 0 Å². The maximum Gasteiger partial charge on any atom is 0.0281 e. The zero-order chi connectivity index (χ0) is 16.8. The predicted molar refractivity (Wildman–Crippen MR) is 106 cm³/mol. The SMILES string of the molecule is CCCC1=C2C=CC=CC2C(c2cccc3c2Cc2ccccc2-3)=C1. The summed E-state index contributed by atoms with van der Waals surface area (Å²) >= 11 is 0. The van der Waals surface area contributed by atoms with Gasteiger partial charge in [-0.15, -0.1) is 0 Å². The molecule has 2 aromatic rings. The minimum Gasteiger partial charge on any atom is -0.0726 e. The Morgan fingerprint density at radius 1 is 0.920 bits per heavy atom. The first-order valence-corrected chi connectivity index (χ1v) is 9.37. The summed E-state index contributed by atoms with van der Waals surface area (Å²) in [7, 11) is 0.